The molecule has 0 aromatic heterocycles. The van der Waals surface area contributed by atoms with E-state index in [1.165, 1.54) is 0 Å². The number of carbonyl (C=O) groups excluding carboxylic acids is 1. The normalized spacial score (nSPS) is 17.9. The van der Waals surface area contributed by atoms with Gasteiger partial charge >= 0.3 is 0 Å². The van der Waals surface area contributed by atoms with Crippen LogP contribution < -0.4 is 14.8 Å². The minimum absolute atomic E-state index is 0.0337. The molecule has 1 amide bonds. The zero-order valence-electron chi connectivity index (χ0n) is 17.7. The summed E-state index contributed by atoms with van der Waals surface area (Å²) in [5.74, 6) is 1.39. The molecular formula is C23H29ClN2O4. The van der Waals surface area contributed by atoms with E-state index in [-0.39, 0.29) is 18.1 Å². The Morgan fingerprint density at radius 3 is 2.47 bits per heavy atom. The zero-order chi connectivity index (χ0) is 21.5. The summed E-state index contributed by atoms with van der Waals surface area (Å²) in [6.07, 6.45) is 0.812. The number of ether oxygens (including phenoxy) is 3. The van der Waals surface area contributed by atoms with E-state index in [1.54, 1.807) is 14.2 Å². The molecule has 7 heteroatoms. The van der Waals surface area contributed by atoms with E-state index in [1.807, 2.05) is 42.5 Å². The monoisotopic (exact) mass is 432 g/mol. The van der Waals surface area contributed by atoms with Gasteiger partial charge in [0.2, 0.25) is 5.91 Å². The van der Waals surface area contributed by atoms with Crippen molar-refractivity contribution in [1.29, 1.82) is 0 Å². The van der Waals surface area contributed by atoms with Crippen LogP contribution in [0.15, 0.2) is 42.5 Å². The lowest BCUT2D eigenvalue weighted by molar-refractivity contribution is -0.124. The van der Waals surface area contributed by atoms with Crippen molar-refractivity contribution in [3.8, 4) is 11.5 Å². The molecule has 0 unspecified atom stereocenters. The number of methoxy groups -OCH3 is 2. The summed E-state index contributed by atoms with van der Waals surface area (Å²) in [7, 11) is 5.29. The van der Waals surface area contributed by atoms with Gasteiger partial charge in [0.25, 0.3) is 0 Å². The molecule has 2 atom stereocenters. The minimum atomic E-state index is -0.239. The van der Waals surface area contributed by atoms with Gasteiger partial charge < -0.3 is 24.4 Å². The van der Waals surface area contributed by atoms with Crippen molar-refractivity contribution in [2.45, 2.75) is 25.0 Å². The number of aryl methyl sites for hydroxylation is 1. The van der Waals surface area contributed by atoms with Gasteiger partial charge in [-0.1, -0.05) is 23.7 Å². The maximum Gasteiger partial charge on any atom is 0.220 e. The van der Waals surface area contributed by atoms with E-state index in [0.29, 0.717) is 36.0 Å². The molecule has 30 heavy (non-hydrogen) atoms. The second-order valence-electron chi connectivity index (χ2n) is 7.49. The zero-order valence-corrected chi connectivity index (χ0v) is 18.4. The summed E-state index contributed by atoms with van der Waals surface area (Å²) in [6, 6.07) is 13.0. The highest BCUT2D eigenvalue weighted by molar-refractivity contribution is 6.30. The van der Waals surface area contributed by atoms with Crippen molar-refractivity contribution >= 4 is 17.5 Å². The molecule has 0 bridgehead atoms. The van der Waals surface area contributed by atoms with Crippen LogP contribution in [0.5, 0.6) is 11.5 Å². The number of likely N-dealkylation sites (N-methyl/N-ethyl adjacent to an activating group) is 1. The first-order valence-corrected chi connectivity index (χ1v) is 10.4. The third-order valence-corrected chi connectivity index (χ3v) is 5.52. The summed E-state index contributed by atoms with van der Waals surface area (Å²) < 4.78 is 16.6. The Hall–Kier alpha value is -2.28. The number of nitrogens with zero attached hydrogens (tertiary/aromatic N) is 1. The number of carbonyl (C=O) groups is 1. The first-order chi connectivity index (χ1) is 14.5. The number of morpholine rings is 1. The summed E-state index contributed by atoms with van der Waals surface area (Å²) in [5, 5.41) is 3.84. The van der Waals surface area contributed by atoms with Gasteiger partial charge in [0, 0.05) is 30.6 Å². The van der Waals surface area contributed by atoms with Gasteiger partial charge in [-0.05, 0) is 48.9 Å². The quantitative estimate of drug-likeness (QED) is 0.692. The van der Waals surface area contributed by atoms with Crippen molar-refractivity contribution < 1.29 is 19.0 Å². The van der Waals surface area contributed by atoms with Crippen LogP contribution in [-0.4, -0.2) is 57.9 Å². The lowest BCUT2D eigenvalue weighted by Gasteiger charge is -2.35. The molecule has 1 N–H and O–H groups in total. The summed E-state index contributed by atoms with van der Waals surface area (Å²) in [4.78, 5) is 15.0. The van der Waals surface area contributed by atoms with E-state index >= 15 is 0 Å². The van der Waals surface area contributed by atoms with Crippen molar-refractivity contribution in [1.82, 2.24) is 10.2 Å². The molecule has 1 saturated heterocycles. The second-order valence-corrected chi connectivity index (χ2v) is 7.93. The van der Waals surface area contributed by atoms with Crippen molar-refractivity contribution in [3.05, 3.63) is 58.6 Å². The highest BCUT2D eigenvalue weighted by Crippen LogP contribution is 2.25. The highest BCUT2D eigenvalue weighted by atomic mass is 35.5. The predicted molar refractivity (Wildman–Crippen MR) is 117 cm³/mol. The SMILES string of the molecule is COc1cc(CCC(=O)N[C@@H](c2ccc(Cl)cc2)[C@H]2CN(C)CCO2)cc(OC)c1. The molecule has 1 aliphatic rings. The topological polar surface area (TPSA) is 60.0 Å². The molecule has 2 aromatic carbocycles. The third kappa shape index (κ3) is 6.11. The molecule has 0 aliphatic carbocycles. The number of hydrogen-bond donors (Lipinski definition) is 1. The second kappa shape index (κ2) is 10.7. The number of hydrogen-bond acceptors (Lipinski definition) is 5. The largest absolute Gasteiger partial charge is 0.497 e. The molecule has 3 rings (SSSR count). The molecule has 162 valence electrons. The van der Waals surface area contributed by atoms with Crippen molar-refractivity contribution in [2.24, 2.45) is 0 Å². The highest BCUT2D eigenvalue weighted by Gasteiger charge is 2.29. The number of halogens is 1. The van der Waals surface area contributed by atoms with Crippen molar-refractivity contribution in [2.75, 3.05) is 41.0 Å². The Morgan fingerprint density at radius 1 is 1.20 bits per heavy atom. The fourth-order valence-corrected chi connectivity index (χ4v) is 3.71. The van der Waals surface area contributed by atoms with Gasteiger partial charge in [-0.3, -0.25) is 4.79 Å². The van der Waals surface area contributed by atoms with Crippen LogP contribution in [0, 0.1) is 0 Å². The summed E-state index contributed by atoms with van der Waals surface area (Å²) in [6.45, 7) is 2.28. The number of benzene rings is 2. The van der Waals surface area contributed by atoms with E-state index in [9.17, 15) is 4.79 Å². The Kier molecular flexibility index (Phi) is 7.96. The molecule has 0 saturated carbocycles. The Bertz CT molecular complexity index is 821. The molecule has 1 heterocycles. The van der Waals surface area contributed by atoms with Gasteiger partial charge in [-0.15, -0.1) is 0 Å². The van der Waals surface area contributed by atoms with E-state index in [2.05, 4.69) is 17.3 Å². The van der Waals surface area contributed by atoms with Gasteiger partial charge in [0.1, 0.15) is 11.5 Å². The smallest absolute Gasteiger partial charge is 0.220 e. The lowest BCUT2D eigenvalue weighted by atomic mass is 9.99. The van der Waals surface area contributed by atoms with Crippen LogP contribution in [0.2, 0.25) is 5.02 Å². The van der Waals surface area contributed by atoms with E-state index in [4.69, 9.17) is 25.8 Å². The van der Waals surface area contributed by atoms with Crippen LogP contribution in [0.25, 0.3) is 0 Å². The Balaban J connectivity index is 1.69. The summed E-state index contributed by atoms with van der Waals surface area (Å²) >= 11 is 6.05. The lowest BCUT2D eigenvalue weighted by Crippen LogP contribution is -2.48. The third-order valence-electron chi connectivity index (χ3n) is 5.27. The predicted octanol–water partition coefficient (Wildman–Crippen LogP) is 3.48. The molecule has 1 fully saturated rings. The maximum absolute atomic E-state index is 12.8. The van der Waals surface area contributed by atoms with Crippen LogP contribution in [-0.2, 0) is 16.0 Å². The fourth-order valence-electron chi connectivity index (χ4n) is 3.59. The van der Waals surface area contributed by atoms with Gasteiger partial charge in [0.15, 0.2) is 0 Å². The van der Waals surface area contributed by atoms with Crippen LogP contribution in [0.4, 0.5) is 0 Å². The van der Waals surface area contributed by atoms with Crippen molar-refractivity contribution in [3.63, 3.8) is 0 Å². The molecule has 1 aliphatic heterocycles. The summed E-state index contributed by atoms with van der Waals surface area (Å²) in [5.41, 5.74) is 1.97. The van der Waals surface area contributed by atoms with E-state index in [0.717, 1.165) is 24.2 Å². The molecule has 6 nitrogen and oxygen atoms in total. The van der Waals surface area contributed by atoms with Crippen LogP contribution >= 0.6 is 11.6 Å². The molecule has 0 spiro atoms. The average molecular weight is 433 g/mol. The average Bonchev–Trinajstić information content (AvgIpc) is 2.76. The number of nitrogens with one attached hydrogen (secondary N) is 1. The van der Waals surface area contributed by atoms with Gasteiger partial charge in [0.05, 0.1) is 33.0 Å². The Morgan fingerprint density at radius 2 is 1.87 bits per heavy atom. The Labute approximate surface area is 183 Å². The molecule has 2 aromatic rings. The molecule has 0 radical (unpaired) electrons. The maximum atomic E-state index is 12.8. The number of amides is 1. The van der Waals surface area contributed by atoms with Crippen LogP contribution in [0.1, 0.15) is 23.6 Å². The minimum Gasteiger partial charge on any atom is -0.497 e. The van der Waals surface area contributed by atoms with Gasteiger partial charge in [-0.25, -0.2) is 0 Å². The van der Waals surface area contributed by atoms with E-state index < -0.39 is 0 Å². The number of rotatable bonds is 8. The standard InChI is InChI=1S/C23H29ClN2O4/c1-26-10-11-30-21(15-26)23(17-5-7-18(24)8-6-17)25-22(27)9-4-16-12-19(28-2)14-20(13-16)29-3/h5-8,12-14,21,23H,4,9-11,15H2,1-3H3,(H,25,27)/t21-,23+/m1/s1. The molecular weight excluding hydrogens is 404 g/mol. The first kappa shape index (κ1) is 22.4. The van der Waals surface area contributed by atoms with Crippen LogP contribution in [0.3, 0.4) is 0 Å². The first-order valence-electron chi connectivity index (χ1n) is 10.1. The van der Waals surface area contributed by atoms with Gasteiger partial charge in [-0.2, -0.15) is 0 Å². The fraction of sp³-hybridized carbons (Fsp3) is 0.435.